The lowest BCUT2D eigenvalue weighted by Gasteiger charge is -2.30. The molecule has 8 nitrogen and oxygen atoms in total. The van der Waals surface area contributed by atoms with Crippen LogP contribution in [0.5, 0.6) is 0 Å². The van der Waals surface area contributed by atoms with Crippen molar-refractivity contribution in [3.8, 4) is 0 Å². The molecule has 28 heavy (non-hydrogen) atoms. The van der Waals surface area contributed by atoms with E-state index in [0.717, 1.165) is 54.0 Å². The molecule has 1 aromatic heterocycles. The zero-order chi connectivity index (χ0) is 20.1. The van der Waals surface area contributed by atoms with E-state index in [9.17, 15) is 14.4 Å². The van der Waals surface area contributed by atoms with Gasteiger partial charge in [0.25, 0.3) is 5.91 Å². The Morgan fingerprint density at radius 3 is 2.46 bits per heavy atom. The second-order valence-electron chi connectivity index (χ2n) is 8.49. The minimum absolute atomic E-state index is 0.165. The van der Waals surface area contributed by atoms with Gasteiger partial charge in [-0.15, -0.1) is 0 Å². The van der Waals surface area contributed by atoms with E-state index in [2.05, 4.69) is 10.4 Å². The van der Waals surface area contributed by atoms with E-state index in [1.807, 2.05) is 30.5 Å². The highest BCUT2D eigenvalue weighted by Gasteiger charge is 2.52. The molecule has 4 amide bonds. The van der Waals surface area contributed by atoms with Gasteiger partial charge in [-0.1, -0.05) is 19.3 Å². The highest BCUT2D eigenvalue weighted by atomic mass is 16.2. The van der Waals surface area contributed by atoms with Crippen LogP contribution in [-0.4, -0.2) is 55.6 Å². The van der Waals surface area contributed by atoms with E-state index in [0.29, 0.717) is 19.4 Å². The van der Waals surface area contributed by atoms with Gasteiger partial charge in [-0.25, -0.2) is 4.79 Å². The molecule has 3 aliphatic rings. The molecule has 3 fully saturated rings. The van der Waals surface area contributed by atoms with Crippen LogP contribution in [0.1, 0.15) is 61.9 Å². The number of carbonyl (C=O) groups is 3. The summed E-state index contributed by atoms with van der Waals surface area (Å²) >= 11 is 0. The normalized spacial score (nSPS) is 21.3. The standard InChI is InChI=1S/C20H29N5O3/c1-13-16(14(2)23(3)22-13)11-24(15-7-8-15)17(26)12-25-18(27)20(21-19(25)28)9-5-4-6-10-20/h15H,4-12H2,1-3H3,(H,21,28). The monoisotopic (exact) mass is 387 g/mol. The van der Waals surface area contributed by atoms with E-state index >= 15 is 0 Å². The molecule has 1 aromatic rings. The zero-order valence-electron chi connectivity index (χ0n) is 17.0. The van der Waals surface area contributed by atoms with E-state index in [-0.39, 0.29) is 24.4 Å². The van der Waals surface area contributed by atoms with Gasteiger partial charge < -0.3 is 10.2 Å². The maximum Gasteiger partial charge on any atom is 0.325 e. The molecule has 0 aromatic carbocycles. The average molecular weight is 387 g/mol. The van der Waals surface area contributed by atoms with Crippen LogP contribution >= 0.6 is 0 Å². The van der Waals surface area contributed by atoms with Crippen molar-refractivity contribution >= 4 is 17.8 Å². The molecule has 2 heterocycles. The number of imide groups is 1. The maximum absolute atomic E-state index is 13.1. The quantitative estimate of drug-likeness (QED) is 0.780. The lowest BCUT2D eigenvalue weighted by molar-refractivity contribution is -0.140. The number of nitrogens with zero attached hydrogens (tertiary/aromatic N) is 4. The molecule has 2 aliphatic carbocycles. The van der Waals surface area contributed by atoms with Crippen LogP contribution in [0.4, 0.5) is 4.79 Å². The van der Waals surface area contributed by atoms with Crippen LogP contribution in [0.25, 0.3) is 0 Å². The van der Waals surface area contributed by atoms with E-state index in [4.69, 9.17) is 0 Å². The smallest absolute Gasteiger partial charge is 0.325 e. The summed E-state index contributed by atoms with van der Waals surface area (Å²) in [6.07, 6.45) is 6.22. The predicted molar refractivity (Wildman–Crippen MR) is 102 cm³/mol. The average Bonchev–Trinajstić information content (AvgIpc) is 3.43. The zero-order valence-corrected chi connectivity index (χ0v) is 17.0. The lowest BCUT2D eigenvalue weighted by atomic mass is 9.82. The van der Waals surface area contributed by atoms with Crippen molar-refractivity contribution in [3.05, 3.63) is 17.0 Å². The first-order valence-electron chi connectivity index (χ1n) is 10.2. The molecule has 0 bridgehead atoms. The highest BCUT2D eigenvalue weighted by molar-refractivity contribution is 6.09. The summed E-state index contributed by atoms with van der Waals surface area (Å²) in [5.74, 6) is -0.392. The molecule has 2 saturated carbocycles. The summed E-state index contributed by atoms with van der Waals surface area (Å²) in [4.78, 5) is 41.5. The minimum atomic E-state index is -0.781. The lowest BCUT2D eigenvalue weighted by Crippen LogP contribution is -2.49. The van der Waals surface area contributed by atoms with Crippen molar-refractivity contribution in [2.75, 3.05) is 6.54 Å². The summed E-state index contributed by atoms with van der Waals surface area (Å²) in [5.41, 5.74) is 2.21. The third-order valence-corrected chi connectivity index (χ3v) is 6.54. The summed E-state index contributed by atoms with van der Waals surface area (Å²) in [5, 5.41) is 7.32. The number of carbonyl (C=O) groups excluding carboxylic acids is 3. The second kappa shape index (κ2) is 6.90. The van der Waals surface area contributed by atoms with Crippen molar-refractivity contribution in [1.29, 1.82) is 0 Å². The van der Waals surface area contributed by atoms with E-state index in [1.54, 1.807) is 0 Å². The number of nitrogens with one attached hydrogen (secondary N) is 1. The number of aryl methyl sites for hydroxylation is 2. The number of amides is 4. The first kappa shape index (κ1) is 19.0. The van der Waals surface area contributed by atoms with Crippen molar-refractivity contribution in [1.82, 2.24) is 24.9 Å². The van der Waals surface area contributed by atoms with Crippen molar-refractivity contribution in [3.63, 3.8) is 0 Å². The molecular formula is C20H29N5O3. The first-order chi connectivity index (χ1) is 13.3. The molecule has 1 N–H and O–H groups in total. The van der Waals surface area contributed by atoms with Crippen LogP contribution in [0.15, 0.2) is 0 Å². The number of hydrogen-bond donors (Lipinski definition) is 1. The van der Waals surface area contributed by atoms with Crippen LogP contribution < -0.4 is 5.32 Å². The van der Waals surface area contributed by atoms with Crippen molar-refractivity contribution in [2.24, 2.45) is 7.05 Å². The Bertz CT molecular complexity index is 820. The Hall–Kier alpha value is -2.38. The van der Waals surface area contributed by atoms with E-state index in [1.165, 1.54) is 0 Å². The number of urea groups is 1. The fraction of sp³-hybridized carbons (Fsp3) is 0.700. The fourth-order valence-corrected chi connectivity index (χ4v) is 4.56. The molecule has 1 saturated heterocycles. The summed E-state index contributed by atoms with van der Waals surface area (Å²) in [7, 11) is 1.89. The Morgan fingerprint density at radius 2 is 1.89 bits per heavy atom. The number of hydrogen-bond acceptors (Lipinski definition) is 4. The topological polar surface area (TPSA) is 87.5 Å². The van der Waals surface area contributed by atoms with Gasteiger partial charge in [0.2, 0.25) is 5.91 Å². The number of aromatic nitrogens is 2. The molecule has 8 heteroatoms. The molecule has 0 atom stereocenters. The first-order valence-corrected chi connectivity index (χ1v) is 10.2. The van der Waals surface area contributed by atoms with Crippen molar-refractivity contribution in [2.45, 2.75) is 76.9 Å². The fourth-order valence-electron chi connectivity index (χ4n) is 4.56. The third kappa shape index (κ3) is 3.18. The number of rotatable bonds is 5. The van der Waals surface area contributed by atoms with Crippen molar-refractivity contribution < 1.29 is 14.4 Å². The Balaban J connectivity index is 1.49. The molecular weight excluding hydrogens is 358 g/mol. The van der Waals surface area contributed by atoms with Gasteiger partial charge in [0, 0.05) is 30.9 Å². The van der Waals surface area contributed by atoms with Gasteiger partial charge in [0.15, 0.2) is 0 Å². The second-order valence-corrected chi connectivity index (χ2v) is 8.49. The largest absolute Gasteiger partial charge is 0.334 e. The predicted octanol–water partition coefficient (Wildman–Crippen LogP) is 1.78. The van der Waals surface area contributed by atoms with Crippen LogP contribution in [0, 0.1) is 13.8 Å². The Labute approximate surface area is 165 Å². The SMILES string of the molecule is Cc1nn(C)c(C)c1CN(C(=O)CN1C(=O)NC2(CCCCC2)C1=O)C1CC1. The molecule has 152 valence electrons. The Kier molecular flexibility index (Phi) is 4.67. The molecule has 4 rings (SSSR count). The summed E-state index contributed by atoms with van der Waals surface area (Å²) in [6.45, 7) is 4.24. The van der Waals surface area contributed by atoms with Crippen LogP contribution in [0.3, 0.4) is 0 Å². The van der Waals surface area contributed by atoms with Gasteiger partial charge in [0.05, 0.1) is 5.69 Å². The molecule has 0 radical (unpaired) electrons. The van der Waals surface area contributed by atoms with Crippen LogP contribution in [0.2, 0.25) is 0 Å². The molecule has 0 unspecified atom stereocenters. The van der Waals surface area contributed by atoms with Gasteiger partial charge in [-0.3, -0.25) is 19.2 Å². The maximum atomic E-state index is 13.1. The van der Waals surface area contributed by atoms with Crippen LogP contribution in [-0.2, 0) is 23.2 Å². The minimum Gasteiger partial charge on any atom is -0.334 e. The van der Waals surface area contributed by atoms with Gasteiger partial charge in [0.1, 0.15) is 12.1 Å². The molecule has 1 spiro atoms. The van der Waals surface area contributed by atoms with Gasteiger partial charge in [-0.2, -0.15) is 5.10 Å². The van der Waals surface area contributed by atoms with Gasteiger partial charge >= 0.3 is 6.03 Å². The summed E-state index contributed by atoms with van der Waals surface area (Å²) < 4.78 is 1.82. The van der Waals surface area contributed by atoms with Gasteiger partial charge in [-0.05, 0) is 39.5 Å². The summed E-state index contributed by atoms with van der Waals surface area (Å²) in [6, 6.07) is -0.236. The van der Waals surface area contributed by atoms with E-state index < -0.39 is 11.6 Å². The molecule has 1 aliphatic heterocycles. The third-order valence-electron chi connectivity index (χ3n) is 6.54. The highest BCUT2D eigenvalue weighted by Crippen LogP contribution is 2.34. The Morgan fingerprint density at radius 1 is 1.21 bits per heavy atom.